The number of fused-ring (bicyclic) bond motifs is 1. The number of imidazole rings is 1. The third kappa shape index (κ3) is 2.24. The molecule has 0 bridgehead atoms. The molecule has 0 aliphatic carbocycles. The van der Waals surface area contributed by atoms with Gasteiger partial charge in [0.1, 0.15) is 5.82 Å². The highest BCUT2D eigenvalue weighted by Gasteiger charge is 2.10. The number of hydrogen-bond acceptors (Lipinski definition) is 1. The van der Waals surface area contributed by atoms with Crippen molar-refractivity contribution in [1.82, 2.24) is 9.97 Å². The van der Waals surface area contributed by atoms with Gasteiger partial charge in [0, 0.05) is 10.0 Å². The van der Waals surface area contributed by atoms with Gasteiger partial charge in [-0.2, -0.15) is 0 Å². The zero-order valence-corrected chi connectivity index (χ0v) is 13.3. The number of halogens is 1. The van der Waals surface area contributed by atoms with Crippen molar-refractivity contribution >= 4 is 26.7 Å². The van der Waals surface area contributed by atoms with E-state index >= 15 is 0 Å². The summed E-state index contributed by atoms with van der Waals surface area (Å²) in [4.78, 5) is 8.00. The van der Waals surface area contributed by atoms with Gasteiger partial charge in [-0.15, -0.1) is 0 Å². The molecule has 0 aliphatic heterocycles. The van der Waals surface area contributed by atoms with Gasteiger partial charge in [0.05, 0.1) is 11.9 Å². The van der Waals surface area contributed by atoms with E-state index in [0.717, 1.165) is 27.1 Å². The first-order valence-corrected chi connectivity index (χ1v) is 7.90. The highest BCUT2D eigenvalue weighted by Crippen LogP contribution is 2.32. The van der Waals surface area contributed by atoms with E-state index < -0.39 is 0 Å². The molecule has 0 amide bonds. The number of rotatable bonds is 2. The maximum atomic E-state index is 4.57. The molecule has 3 aromatic carbocycles. The van der Waals surface area contributed by atoms with Gasteiger partial charge < -0.3 is 4.98 Å². The summed E-state index contributed by atoms with van der Waals surface area (Å²) in [5.74, 6) is 0.891. The average molecular weight is 349 g/mol. The summed E-state index contributed by atoms with van der Waals surface area (Å²) in [5.41, 5.74) is 3.28. The van der Waals surface area contributed by atoms with E-state index in [1.807, 2.05) is 24.4 Å². The Labute approximate surface area is 137 Å². The minimum absolute atomic E-state index is 0.891. The Bertz CT molecular complexity index is 942. The number of nitrogens with one attached hydrogen (secondary N) is 1. The highest BCUT2D eigenvalue weighted by molar-refractivity contribution is 9.10. The first-order chi connectivity index (χ1) is 10.8. The van der Waals surface area contributed by atoms with Crippen LogP contribution < -0.4 is 0 Å². The lowest BCUT2D eigenvalue weighted by Crippen LogP contribution is -1.85. The molecular weight excluding hydrogens is 336 g/mol. The van der Waals surface area contributed by atoms with Gasteiger partial charge in [-0.05, 0) is 28.5 Å². The Morgan fingerprint density at radius 1 is 0.773 bits per heavy atom. The molecule has 0 atom stereocenters. The van der Waals surface area contributed by atoms with Crippen LogP contribution in [0, 0.1) is 0 Å². The van der Waals surface area contributed by atoms with E-state index in [9.17, 15) is 0 Å². The standard InChI is InChI=1S/C19H13BrN2/c20-17-11-10-16(14-8-4-5-9-15(14)17)19-21-12-18(22-19)13-6-2-1-3-7-13/h1-12H,(H,21,22). The van der Waals surface area contributed by atoms with Gasteiger partial charge in [-0.1, -0.05) is 70.5 Å². The maximum absolute atomic E-state index is 4.57. The van der Waals surface area contributed by atoms with Crippen molar-refractivity contribution in [3.05, 3.63) is 77.4 Å². The first kappa shape index (κ1) is 13.3. The molecule has 0 aliphatic rings. The number of benzene rings is 3. The zero-order valence-electron chi connectivity index (χ0n) is 11.8. The lowest BCUT2D eigenvalue weighted by Gasteiger charge is -2.06. The van der Waals surface area contributed by atoms with Gasteiger partial charge >= 0.3 is 0 Å². The molecule has 22 heavy (non-hydrogen) atoms. The molecule has 0 unspecified atom stereocenters. The predicted octanol–water partition coefficient (Wildman–Crippen LogP) is 5.66. The molecule has 0 saturated heterocycles. The van der Waals surface area contributed by atoms with E-state index in [-0.39, 0.29) is 0 Å². The molecule has 0 radical (unpaired) electrons. The second-order valence-electron chi connectivity index (χ2n) is 5.15. The lowest BCUT2D eigenvalue weighted by atomic mass is 10.0. The minimum Gasteiger partial charge on any atom is -0.338 e. The van der Waals surface area contributed by atoms with Crippen LogP contribution in [-0.2, 0) is 0 Å². The van der Waals surface area contributed by atoms with Gasteiger partial charge in [-0.25, -0.2) is 4.98 Å². The van der Waals surface area contributed by atoms with Crippen LogP contribution in [0.2, 0.25) is 0 Å². The third-order valence-corrected chi connectivity index (χ3v) is 4.48. The molecule has 3 heteroatoms. The topological polar surface area (TPSA) is 28.7 Å². The van der Waals surface area contributed by atoms with E-state index in [2.05, 4.69) is 74.4 Å². The number of hydrogen-bond donors (Lipinski definition) is 1. The summed E-state index contributed by atoms with van der Waals surface area (Å²) < 4.78 is 1.10. The first-order valence-electron chi connectivity index (χ1n) is 7.11. The molecule has 1 aromatic heterocycles. The molecule has 0 spiro atoms. The van der Waals surface area contributed by atoms with Gasteiger partial charge in [0.15, 0.2) is 0 Å². The summed E-state index contributed by atoms with van der Waals surface area (Å²) in [6, 6.07) is 22.8. The fourth-order valence-electron chi connectivity index (χ4n) is 2.69. The van der Waals surface area contributed by atoms with Gasteiger partial charge in [0.2, 0.25) is 0 Å². The summed E-state index contributed by atoms with van der Waals surface area (Å²) >= 11 is 3.61. The Morgan fingerprint density at radius 2 is 1.50 bits per heavy atom. The van der Waals surface area contributed by atoms with Gasteiger partial charge in [0.25, 0.3) is 0 Å². The molecular formula is C19H13BrN2. The Morgan fingerprint density at radius 3 is 2.32 bits per heavy atom. The molecule has 1 heterocycles. The van der Waals surface area contributed by atoms with Crippen LogP contribution in [0.15, 0.2) is 77.4 Å². The Balaban J connectivity index is 1.87. The monoisotopic (exact) mass is 348 g/mol. The predicted molar refractivity (Wildman–Crippen MR) is 94.7 cm³/mol. The van der Waals surface area contributed by atoms with Crippen molar-refractivity contribution < 1.29 is 0 Å². The number of H-pyrrole nitrogens is 1. The van der Waals surface area contributed by atoms with Crippen LogP contribution in [0.25, 0.3) is 33.4 Å². The number of aromatic amines is 1. The second-order valence-corrected chi connectivity index (χ2v) is 6.01. The van der Waals surface area contributed by atoms with Crippen LogP contribution in [0.4, 0.5) is 0 Å². The Kier molecular flexibility index (Phi) is 3.28. The molecule has 1 N–H and O–H groups in total. The summed E-state index contributed by atoms with van der Waals surface area (Å²) in [6.45, 7) is 0. The van der Waals surface area contributed by atoms with Crippen LogP contribution in [0.3, 0.4) is 0 Å². The van der Waals surface area contributed by atoms with Crippen molar-refractivity contribution in [1.29, 1.82) is 0 Å². The fraction of sp³-hybridized carbons (Fsp3) is 0. The molecule has 0 saturated carbocycles. The van der Waals surface area contributed by atoms with Crippen molar-refractivity contribution in [3.63, 3.8) is 0 Å². The van der Waals surface area contributed by atoms with Crippen molar-refractivity contribution in [2.24, 2.45) is 0 Å². The van der Waals surface area contributed by atoms with Gasteiger partial charge in [-0.3, -0.25) is 0 Å². The fourth-order valence-corrected chi connectivity index (χ4v) is 3.17. The van der Waals surface area contributed by atoms with Crippen LogP contribution in [0.5, 0.6) is 0 Å². The second kappa shape index (κ2) is 5.43. The smallest absolute Gasteiger partial charge is 0.138 e. The largest absolute Gasteiger partial charge is 0.338 e. The molecule has 4 rings (SSSR count). The van der Waals surface area contributed by atoms with E-state index in [0.29, 0.717) is 0 Å². The van der Waals surface area contributed by atoms with Crippen LogP contribution in [0.1, 0.15) is 0 Å². The maximum Gasteiger partial charge on any atom is 0.138 e. The van der Waals surface area contributed by atoms with E-state index in [4.69, 9.17) is 0 Å². The molecule has 2 nitrogen and oxygen atoms in total. The minimum atomic E-state index is 0.891. The van der Waals surface area contributed by atoms with Crippen LogP contribution in [-0.4, -0.2) is 9.97 Å². The van der Waals surface area contributed by atoms with E-state index in [1.165, 1.54) is 10.8 Å². The van der Waals surface area contributed by atoms with E-state index in [1.54, 1.807) is 0 Å². The normalized spacial score (nSPS) is 11.0. The molecule has 0 fully saturated rings. The quantitative estimate of drug-likeness (QED) is 0.497. The lowest BCUT2D eigenvalue weighted by molar-refractivity contribution is 1.32. The summed E-state index contributed by atoms with van der Waals surface area (Å²) in [5, 5.41) is 2.38. The SMILES string of the molecule is Brc1ccc(-c2ncc(-c3ccccc3)[nH]2)c2ccccc12. The van der Waals surface area contributed by atoms with Crippen molar-refractivity contribution in [2.75, 3.05) is 0 Å². The van der Waals surface area contributed by atoms with Crippen molar-refractivity contribution in [3.8, 4) is 22.6 Å². The highest BCUT2D eigenvalue weighted by atomic mass is 79.9. The van der Waals surface area contributed by atoms with Crippen molar-refractivity contribution in [2.45, 2.75) is 0 Å². The number of aromatic nitrogens is 2. The Hall–Kier alpha value is -2.39. The zero-order chi connectivity index (χ0) is 14.9. The molecule has 106 valence electrons. The third-order valence-electron chi connectivity index (χ3n) is 3.79. The number of nitrogens with zero attached hydrogens (tertiary/aromatic N) is 1. The summed E-state index contributed by atoms with van der Waals surface area (Å²) in [6.07, 6.45) is 1.89. The van der Waals surface area contributed by atoms with Crippen LogP contribution >= 0.6 is 15.9 Å². The molecule has 4 aromatic rings. The summed E-state index contributed by atoms with van der Waals surface area (Å²) in [7, 11) is 0. The average Bonchev–Trinajstić information content (AvgIpc) is 3.06.